The number of pyridine rings is 1. The Balaban J connectivity index is 1.21. The van der Waals surface area contributed by atoms with Gasteiger partial charge in [-0.2, -0.15) is 0 Å². The predicted molar refractivity (Wildman–Crippen MR) is 172 cm³/mol. The zero-order valence-electron chi connectivity index (χ0n) is 23.8. The van der Waals surface area contributed by atoms with Crippen LogP contribution >= 0.6 is 0 Å². The Morgan fingerprint density at radius 2 is 1.55 bits per heavy atom. The Labute approximate surface area is 252 Å². The molecule has 2 amide bonds. The monoisotopic (exact) mass is 583 g/mol. The number of H-pyrrole nitrogens is 1. The highest BCUT2D eigenvalue weighted by Crippen LogP contribution is 2.36. The molecule has 6 aromatic rings. The molecule has 218 valence electrons. The largest absolute Gasteiger partial charge is 0.457 e. The van der Waals surface area contributed by atoms with E-state index in [4.69, 9.17) is 10.5 Å². The summed E-state index contributed by atoms with van der Waals surface area (Å²) in [6, 6.07) is 32.6. The summed E-state index contributed by atoms with van der Waals surface area (Å²) in [6.45, 7) is 0.223. The molecule has 2 aromatic heterocycles. The standard InChI is InChI=1S/C35H29N5O4/c1-40-21-27(25-11-5-8-14-31(25)44-24-9-3-2-4-10-24)26-19-30(38-32(26)35(40)43)34(42)37-20-22-15-17-23(18-16-22)33(41)39-29-13-7-6-12-28(29)36/h2-19,21,38H,20,36H2,1H3,(H,37,42)(H,39,41). The molecule has 4 aromatic carbocycles. The number of nitrogens with zero attached hydrogens (tertiary/aromatic N) is 1. The van der Waals surface area contributed by atoms with Crippen LogP contribution in [0.4, 0.5) is 11.4 Å². The van der Waals surface area contributed by atoms with Crippen molar-refractivity contribution in [1.29, 1.82) is 0 Å². The van der Waals surface area contributed by atoms with E-state index in [1.54, 1.807) is 67.8 Å². The number of carbonyl (C=O) groups excluding carboxylic acids is 2. The van der Waals surface area contributed by atoms with Crippen molar-refractivity contribution in [2.75, 3.05) is 11.1 Å². The van der Waals surface area contributed by atoms with Crippen molar-refractivity contribution in [3.8, 4) is 22.6 Å². The molecule has 9 heteroatoms. The lowest BCUT2D eigenvalue weighted by Crippen LogP contribution is -2.23. The maximum atomic E-state index is 13.2. The van der Waals surface area contributed by atoms with Gasteiger partial charge in [-0.3, -0.25) is 14.4 Å². The number of nitrogens with one attached hydrogen (secondary N) is 3. The van der Waals surface area contributed by atoms with Crippen LogP contribution in [-0.4, -0.2) is 21.4 Å². The van der Waals surface area contributed by atoms with Crippen molar-refractivity contribution in [3.05, 3.63) is 143 Å². The first-order valence-electron chi connectivity index (χ1n) is 13.9. The summed E-state index contributed by atoms with van der Waals surface area (Å²) in [7, 11) is 1.67. The fourth-order valence-electron chi connectivity index (χ4n) is 4.92. The maximum absolute atomic E-state index is 13.2. The van der Waals surface area contributed by atoms with Crippen LogP contribution in [0.25, 0.3) is 22.0 Å². The molecule has 5 N–H and O–H groups in total. The lowest BCUT2D eigenvalue weighted by Gasteiger charge is -2.13. The maximum Gasteiger partial charge on any atom is 0.274 e. The summed E-state index contributed by atoms with van der Waals surface area (Å²) in [5.74, 6) is 0.647. The third kappa shape index (κ3) is 5.79. The zero-order chi connectivity index (χ0) is 30.6. The van der Waals surface area contributed by atoms with E-state index in [2.05, 4.69) is 15.6 Å². The number of nitrogens with two attached hydrogens (primary N) is 1. The van der Waals surface area contributed by atoms with Gasteiger partial charge in [0.25, 0.3) is 17.4 Å². The van der Waals surface area contributed by atoms with Crippen molar-refractivity contribution in [1.82, 2.24) is 14.9 Å². The molecule has 0 fully saturated rings. The van der Waals surface area contributed by atoms with E-state index in [0.29, 0.717) is 39.3 Å². The molecule has 9 nitrogen and oxygen atoms in total. The van der Waals surface area contributed by atoms with Gasteiger partial charge in [-0.25, -0.2) is 0 Å². The van der Waals surface area contributed by atoms with Crippen molar-refractivity contribution < 1.29 is 14.3 Å². The van der Waals surface area contributed by atoms with E-state index >= 15 is 0 Å². The van der Waals surface area contributed by atoms with Gasteiger partial charge in [0.05, 0.1) is 11.4 Å². The van der Waals surface area contributed by atoms with Crippen LogP contribution in [0.5, 0.6) is 11.5 Å². The Morgan fingerprint density at radius 3 is 2.32 bits per heavy atom. The fourth-order valence-corrected chi connectivity index (χ4v) is 4.92. The first-order valence-corrected chi connectivity index (χ1v) is 13.9. The molecule has 0 spiro atoms. The first kappa shape index (κ1) is 28.0. The summed E-state index contributed by atoms with van der Waals surface area (Å²) < 4.78 is 7.66. The second kappa shape index (κ2) is 12.0. The van der Waals surface area contributed by atoms with Crippen LogP contribution in [0.3, 0.4) is 0 Å². The lowest BCUT2D eigenvalue weighted by atomic mass is 10.0. The molecule has 44 heavy (non-hydrogen) atoms. The van der Waals surface area contributed by atoms with Crippen LogP contribution < -0.4 is 26.7 Å². The summed E-state index contributed by atoms with van der Waals surface area (Å²) in [5, 5.41) is 6.29. The molecular formula is C35H29N5O4. The third-order valence-corrected chi connectivity index (χ3v) is 7.24. The average Bonchev–Trinajstić information content (AvgIpc) is 3.50. The Hall–Kier alpha value is -6.09. The van der Waals surface area contributed by atoms with Crippen LogP contribution in [-0.2, 0) is 13.6 Å². The van der Waals surface area contributed by atoms with Gasteiger partial charge in [0.1, 0.15) is 22.7 Å². The SMILES string of the molecule is Cn1cc(-c2ccccc2Oc2ccccc2)c2cc(C(=O)NCc3ccc(C(=O)Nc4ccccc4N)cc3)[nH]c2c1=O. The van der Waals surface area contributed by atoms with Gasteiger partial charge in [0.15, 0.2) is 0 Å². The highest BCUT2D eigenvalue weighted by Gasteiger charge is 2.18. The topological polar surface area (TPSA) is 131 Å². The number of hydrogen-bond acceptors (Lipinski definition) is 5. The molecule has 0 aliphatic rings. The number of fused-ring (bicyclic) bond motifs is 1. The van der Waals surface area contributed by atoms with Crippen molar-refractivity contribution in [2.45, 2.75) is 6.54 Å². The molecule has 2 heterocycles. The number of aromatic nitrogens is 2. The highest BCUT2D eigenvalue weighted by atomic mass is 16.5. The Kier molecular flexibility index (Phi) is 7.67. The zero-order valence-corrected chi connectivity index (χ0v) is 23.8. The number of aromatic amines is 1. The number of para-hydroxylation sites is 4. The van der Waals surface area contributed by atoms with Crippen molar-refractivity contribution >= 4 is 34.1 Å². The first-order chi connectivity index (χ1) is 21.4. The van der Waals surface area contributed by atoms with E-state index in [9.17, 15) is 14.4 Å². The van der Waals surface area contributed by atoms with Crippen LogP contribution in [0.1, 0.15) is 26.4 Å². The number of rotatable bonds is 8. The Morgan fingerprint density at radius 1 is 0.841 bits per heavy atom. The molecule has 0 aliphatic carbocycles. The molecule has 6 rings (SSSR count). The van der Waals surface area contributed by atoms with Crippen LogP contribution in [0.2, 0.25) is 0 Å². The number of benzene rings is 4. The molecule has 0 radical (unpaired) electrons. The second-order valence-corrected chi connectivity index (χ2v) is 10.3. The number of anilines is 2. The van der Waals surface area contributed by atoms with Gasteiger partial charge in [-0.15, -0.1) is 0 Å². The number of nitrogen functional groups attached to an aromatic ring is 1. The smallest absolute Gasteiger partial charge is 0.274 e. The molecule has 0 saturated carbocycles. The number of aryl methyl sites for hydroxylation is 1. The van der Waals surface area contributed by atoms with Gasteiger partial charge >= 0.3 is 0 Å². The average molecular weight is 584 g/mol. The minimum Gasteiger partial charge on any atom is -0.457 e. The molecule has 0 atom stereocenters. The van der Waals surface area contributed by atoms with E-state index in [1.165, 1.54) is 4.57 Å². The lowest BCUT2D eigenvalue weighted by molar-refractivity contribution is 0.0945. The quantitative estimate of drug-likeness (QED) is 0.161. The number of ether oxygens (including phenoxy) is 1. The number of hydrogen-bond donors (Lipinski definition) is 4. The molecule has 0 aliphatic heterocycles. The summed E-state index contributed by atoms with van der Waals surface area (Å²) >= 11 is 0. The minimum absolute atomic E-state index is 0.223. The van der Waals surface area contributed by atoms with Gasteiger partial charge < -0.3 is 30.7 Å². The van der Waals surface area contributed by atoms with Gasteiger partial charge in [-0.05, 0) is 54.1 Å². The molecular weight excluding hydrogens is 554 g/mol. The van der Waals surface area contributed by atoms with Crippen LogP contribution in [0.15, 0.2) is 120 Å². The van der Waals surface area contributed by atoms with E-state index in [0.717, 1.165) is 16.7 Å². The van der Waals surface area contributed by atoms with Gasteiger partial charge in [-0.1, -0.05) is 60.7 Å². The fraction of sp³-hybridized carbons (Fsp3) is 0.0571. The predicted octanol–water partition coefficient (Wildman–Crippen LogP) is 6.09. The Bertz CT molecular complexity index is 2050. The molecule has 0 bridgehead atoms. The number of carbonyl (C=O) groups is 2. The summed E-state index contributed by atoms with van der Waals surface area (Å²) in [6.07, 6.45) is 1.75. The van der Waals surface area contributed by atoms with Crippen molar-refractivity contribution in [3.63, 3.8) is 0 Å². The van der Waals surface area contributed by atoms with E-state index in [1.807, 2.05) is 54.6 Å². The second-order valence-electron chi connectivity index (χ2n) is 10.3. The molecule has 0 saturated heterocycles. The van der Waals surface area contributed by atoms with Gasteiger partial charge in [0.2, 0.25) is 0 Å². The van der Waals surface area contributed by atoms with Gasteiger partial charge in [0, 0.05) is 41.9 Å². The summed E-state index contributed by atoms with van der Waals surface area (Å²) in [4.78, 5) is 41.9. The normalized spacial score (nSPS) is 10.8. The summed E-state index contributed by atoms with van der Waals surface area (Å²) in [5.41, 5.74) is 10.0. The van der Waals surface area contributed by atoms with Crippen molar-refractivity contribution in [2.24, 2.45) is 7.05 Å². The third-order valence-electron chi connectivity index (χ3n) is 7.24. The van der Waals surface area contributed by atoms with Crippen LogP contribution in [0, 0.1) is 0 Å². The number of amides is 2. The van der Waals surface area contributed by atoms with E-state index < -0.39 is 0 Å². The van der Waals surface area contributed by atoms with E-state index in [-0.39, 0.29) is 29.6 Å². The highest BCUT2D eigenvalue weighted by molar-refractivity contribution is 6.06. The minimum atomic E-state index is -0.371. The molecule has 0 unspecified atom stereocenters.